The number of anilines is 2. The number of nitrogens with one attached hydrogen (secondary N) is 3. The molecule has 5 rings (SSSR count). The topological polar surface area (TPSA) is 113 Å². The molecule has 1 aliphatic rings. The number of carbonyl (C=O) groups excluding carboxylic acids is 2. The highest BCUT2D eigenvalue weighted by Crippen LogP contribution is 2.31. The third-order valence-electron chi connectivity index (χ3n) is 6.78. The van der Waals surface area contributed by atoms with E-state index in [1.54, 1.807) is 27.6 Å². The Morgan fingerprint density at radius 1 is 1.18 bits per heavy atom. The Kier molecular flexibility index (Phi) is 7.87. The number of methoxy groups -OCH3 is 1. The van der Waals surface area contributed by atoms with Crippen LogP contribution in [-0.2, 0) is 4.79 Å². The summed E-state index contributed by atoms with van der Waals surface area (Å²) < 4.78 is 35.6. The van der Waals surface area contributed by atoms with Crippen LogP contribution >= 0.6 is 0 Å². The molecule has 0 radical (unpaired) electrons. The van der Waals surface area contributed by atoms with Crippen molar-refractivity contribution in [2.45, 2.75) is 13.3 Å². The molecule has 3 N–H and O–H groups in total. The van der Waals surface area contributed by atoms with Gasteiger partial charge in [0.1, 0.15) is 0 Å². The molecule has 4 aromatic rings. The minimum absolute atomic E-state index is 0.0358. The normalized spacial score (nSPS) is 13.5. The number of hydrogen-bond donors (Lipinski definition) is 3. The van der Waals surface area contributed by atoms with Crippen molar-refractivity contribution in [3.63, 3.8) is 0 Å². The molecule has 3 heterocycles. The number of nitrogens with zero attached hydrogens (tertiary/aromatic N) is 4. The second kappa shape index (κ2) is 11.7. The number of piperazine rings is 1. The van der Waals surface area contributed by atoms with E-state index in [4.69, 9.17) is 4.74 Å². The van der Waals surface area contributed by atoms with Gasteiger partial charge in [-0.05, 0) is 49.2 Å². The number of amides is 2. The van der Waals surface area contributed by atoms with Crippen LogP contribution in [0.5, 0.6) is 5.75 Å². The predicted molar refractivity (Wildman–Crippen MR) is 146 cm³/mol. The lowest BCUT2D eigenvalue weighted by atomic mass is 10.1. The van der Waals surface area contributed by atoms with Gasteiger partial charge in [-0.1, -0.05) is 0 Å². The van der Waals surface area contributed by atoms with E-state index >= 15 is 0 Å². The quantitative estimate of drug-likeness (QED) is 0.275. The molecule has 12 heteroatoms. The molecule has 0 bridgehead atoms. The first-order chi connectivity index (χ1) is 19.4. The largest absolute Gasteiger partial charge is 0.494 e. The Balaban J connectivity index is 1.27. The zero-order chi connectivity index (χ0) is 28.2. The van der Waals surface area contributed by atoms with Gasteiger partial charge in [-0.25, -0.2) is 14.4 Å². The zero-order valence-electron chi connectivity index (χ0n) is 22.1. The summed E-state index contributed by atoms with van der Waals surface area (Å²) in [6, 6.07) is 8.10. The first-order valence-corrected chi connectivity index (χ1v) is 12.9. The van der Waals surface area contributed by atoms with Gasteiger partial charge in [0.05, 0.1) is 25.5 Å². The SMILES string of the molecule is COc1ccc(-c2cnc3c(Nc4ccc(C(=O)NCCCN5CCNCC5=O)c(C)c4)nccn23)c(F)c1F. The van der Waals surface area contributed by atoms with Gasteiger partial charge in [-0.2, -0.15) is 4.39 Å². The molecule has 208 valence electrons. The second-order valence-corrected chi connectivity index (χ2v) is 9.38. The van der Waals surface area contributed by atoms with Crippen LogP contribution in [0.25, 0.3) is 16.9 Å². The van der Waals surface area contributed by atoms with Crippen molar-refractivity contribution in [1.29, 1.82) is 0 Å². The van der Waals surface area contributed by atoms with Crippen LogP contribution in [0.3, 0.4) is 0 Å². The number of carbonyl (C=O) groups is 2. The van der Waals surface area contributed by atoms with Gasteiger partial charge in [-0.3, -0.25) is 14.0 Å². The summed E-state index contributed by atoms with van der Waals surface area (Å²) in [5.41, 5.74) is 2.77. The molecule has 2 amide bonds. The summed E-state index contributed by atoms with van der Waals surface area (Å²) in [7, 11) is 1.27. The van der Waals surface area contributed by atoms with Crippen molar-refractivity contribution in [3.05, 3.63) is 71.7 Å². The lowest BCUT2D eigenvalue weighted by molar-refractivity contribution is -0.131. The minimum atomic E-state index is -1.07. The van der Waals surface area contributed by atoms with Gasteiger partial charge in [0.2, 0.25) is 11.7 Å². The molecule has 0 saturated carbocycles. The molecule has 0 spiro atoms. The maximum atomic E-state index is 14.8. The number of aromatic nitrogens is 3. The first-order valence-electron chi connectivity index (χ1n) is 12.9. The van der Waals surface area contributed by atoms with E-state index in [1.807, 2.05) is 13.0 Å². The highest BCUT2D eigenvalue weighted by Gasteiger charge is 2.20. The van der Waals surface area contributed by atoms with Crippen molar-refractivity contribution in [2.75, 3.05) is 45.2 Å². The van der Waals surface area contributed by atoms with Crippen LogP contribution in [0.1, 0.15) is 22.3 Å². The minimum Gasteiger partial charge on any atom is -0.494 e. The Hall–Kier alpha value is -4.58. The van der Waals surface area contributed by atoms with Crippen LogP contribution in [0.15, 0.2) is 48.9 Å². The molecule has 0 atom stereocenters. The lowest BCUT2D eigenvalue weighted by Crippen LogP contribution is -2.48. The highest BCUT2D eigenvalue weighted by atomic mass is 19.2. The molecule has 2 aromatic carbocycles. The lowest BCUT2D eigenvalue weighted by Gasteiger charge is -2.27. The summed E-state index contributed by atoms with van der Waals surface area (Å²) >= 11 is 0. The molecule has 2 aromatic heterocycles. The molecule has 10 nitrogen and oxygen atoms in total. The van der Waals surface area contributed by atoms with Gasteiger partial charge >= 0.3 is 0 Å². The number of rotatable bonds is 9. The smallest absolute Gasteiger partial charge is 0.251 e. The van der Waals surface area contributed by atoms with Crippen LogP contribution < -0.4 is 20.7 Å². The standard InChI is InChI=1S/C28H29F2N7O3/c1-17-14-18(4-5-19(17)28(39)33-8-3-11-36-12-9-31-16-23(36)38)35-26-27-34-15-21(37(27)13-10-32-26)20-6-7-22(40-2)25(30)24(20)29/h4-7,10,13-15,31H,3,8-9,11-12,16H2,1-2H3,(H,32,35)(H,33,39). The number of aryl methyl sites for hydroxylation is 1. The average Bonchev–Trinajstić information content (AvgIpc) is 3.38. The summed E-state index contributed by atoms with van der Waals surface area (Å²) in [6.07, 6.45) is 5.26. The summed E-state index contributed by atoms with van der Waals surface area (Å²) in [4.78, 5) is 35.2. The Morgan fingerprint density at radius 2 is 2.02 bits per heavy atom. The van der Waals surface area contributed by atoms with E-state index in [2.05, 4.69) is 25.9 Å². The number of fused-ring (bicyclic) bond motifs is 1. The second-order valence-electron chi connectivity index (χ2n) is 9.38. The molecule has 1 aliphatic heterocycles. The Morgan fingerprint density at radius 3 is 2.80 bits per heavy atom. The van der Waals surface area contributed by atoms with E-state index < -0.39 is 11.6 Å². The molecule has 40 heavy (non-hydrogen) atoms. The third-order valence-corrected chi connectivity index (χ3v) is 6.78. The van der Waals surface area contributed by atoms with Crippen LogP contribution in [-0.4, -0.2) is 70.9 Å². The van der Waals surface area contributed by atoms with Crippen molar-refractivity contribution in [3.8, 4) is 17.0 Å². The van der Waals surface area contributed by atoms with E-state index in [9.17, 15) is 18.4 Å². The van der Waals surface area contributed by atoms with E-state index in [-0.39, 0.29) is 23.1 Å². The maximum Gasteiger partial charge on any atom is 0.251 e. The Labute approximate surface area is 229 Å². The molecular formula is C28H29F2N7O3. The molecule has 1 saturated heterocycles. The number of hydrogen-bond acceptors (Lipinski definition) is 7. The van der Waals surface area contributed by atoms with Crippen LogP contribution in [0.4, 0.5) is 20.3 Å². The number of halogens is 2. The van der Waals surface area contributed by atoms with E-state index in [0.29, 0.717) is 61.0 Å². The molecule has 0 aliphatic carbocycles. The van der Waals surface area contributed by atoms with Gasteiger partial charge in [-0.15, -0.1) is 0 Å². The van der Waals surface area contributed by atoms with Crippen molar-refractivity contribution >= 4 is 29.0 Å². The van der Waals surface area contributed by atoms with E-state index in [0.717, 1.165) is 12.1 Å². The maximum absolute atomic E-state index is 14.8. The van der Waals surface area contributed by atoms with Crippen molar-refractivity contribution in [2.24, 2.45) is 0 Å². The van der Waals surface area contributed by atoms with Gasteiger partial charge in [0.15, 0.2) is 23.0 Å². The molecular weight excluding hydrogens is 520 g/mol. The summed E-state index contributed by atoms with van der Waals surface area (Å²) in [5, 5.41) is 9.16. The first kappa shape index (κ1) is 27.0. The summed E-state index contributed by atoms with van der Waals surface area (Å²) in [6.45, 7) is 4.73. The van der Waals surface area contributed by atoms with Crippen molar-refractivity contribution in [1.82, 2.24) is 29.9 Å². The monoisotopic (exact) mass is 549 g/mol. The fourth-order valence-corrected chi connectivity index (χ4v) is 4.68. The third kappa shape index (κ3) is 5.43. The highest BCUT2D eigenvalue weighted by molar-refractivity contribution is 5.96. The summed E-state index contributed by atoms with van der Waals surface area (Å²) in [5.74, 6) is -2.00. The number of ether oxygens (including phenoxy) is 1. The number of benzene rings is 2. The fraction of sp³-hybridized carbons (Fsp3) is 0.286. The van der Waals surface area contributed by atoms with Crippen LogP contribution in [0.2, 0.25) is 0 Å². The molecule has 1 fully saturated rings. The van der Waals surface area contributed by atoms with Gasteiger partial charge < -0.3 is 25.6 Å². The van der Waals surface area contributed by atoms with Gasteiger partial charge in [0, 0.05) is 55.4 Å². The van der Waals surface area contributed by atoms with E-state index in [1.165, 1.54) is 31.6 Å². The predicted octanol–water partition coefficient (Wildman–Crippen LogP) is 3.29. The van der Waals surface area contributed by atoms with Crippen molar-refractivity contribution < 1.29 is 23.1 Å². The van der Waals surface area contributed by atoms with Gasteiger partial charge in [0.25, 0.3) is 5.91 Å². The average molecular weight is 550 g/mol. The molecule has 0 unspecified atom stereocenters. The zero-order valence-corrected chi connectivity index (χ0v) is 22.1. The number of imidazole rings is 1. The van der Waals surface area contributed by atoms with Crippen LogP contribution in [0, 0.1) is 18.6 Å². The fourth-order valence-electron chi connectivity index (χ4n) is 4.68. The Bertz CT molecular complexity index is 1570.